The first-order valence-corrected chi connectivity index (χ1v) is 10.8. The molecular formula is C27H25N3O3. The fourth-order valence-electron chi connectivity index (χ4n) is 3.73. The van der Waals surface area contributed by atoms with E-state index >= 15 is 0 Å². The number of nitrogens with one attached hydrogen (secondary N) is 1. The monoisotopic (exact) mass is 439 g/mol. The molecule has 0 radical (unpaired) electrons. The molecule has 0 fully saturated rings. The second-order valence-corrected chi connectivity index (χ2v) is 7.57. The lowest BCUT2D eigenvalue weighted by Crippen LogP contribution is -2.31. The number of hydrogen-bond donors (Lipinski definition) is 1. The van der Waals surface area contributed by atoms with E-state index in [0.717, 1.165) is 16.8 Å². The Bertz CT molecular complexity index is 1260. The minimum atomic E-state index is -0.361. The maximum absolute atomic E-state index is 13.5. The molecule has 1 aromatic heterocycles. The molecule has 0 aliphatic carbocycles. The number of aryl methyl sites for hydroxylation is 1. The Balaban J connectivity index is 1.63. The van der Waals surface area contributed by atoms with Crippen LogP contribution < -0.4 is 10.2 Å². The van der Waals surface area contributed by atoms with Crippen molar-refractivity contribution in [2.45, 2.75) is 20.4 Å². The van der Waals surface area contributed by atoms with Gasteiger partial charge in [-0.2, -0.15) is 0 Å². The quantitative estimate of drug-likeness (QED) is 0.427. The zero-order chi connectivity index (χ0) is 23.2. The summed E-state index contributed by atoms with van der Waals surface area (Å²) in [5, 5.41) is 2.90. The first-order valence-electron chi connectivity index (χ1n) is 10.8. The molecule has 0 aliphatic rings. The van der Waals surface area contributed by atoms with E-state index in [1.165, 1.54) is 6.39 Å². The lowest BCUT2D eigenvalue weighted by atomic mass is 10.0. The summed E-state index contributed by atoms with van der Waals surface area (Å²) in [6.45, 7) is 4.79. The molecule has 0 unspecified atom stereocenters. The molecule has 3 aromatic carbocycles. The van der Waals surface area contributed by atoms with Crippen molar-refractivity contribution >= 4 is 17.5 Å². The second kappa shape index (κ2) is 9.96. The molecule has 0 aliphatic heterocycles. The first-order chi connectivity index (χ1) is 16.1. The number of para-hydroxylation sites is 1. The molecule has 0 bridgehead atoms. The van der Waals surface area contributed by atoms with Crippen LogP contribution in [0.2, 0.25) is 0 Å². The van der Waals surface area contributed by atoms with Gasteiger partial charge in [0.2, 0.25) is 0 Å². The van der Waals surface area contributed by atoms with Crippen LogP contribution in [0.15, 0.2) is 89.7 Å². The largest absolute Gasteiger partial charge is 0.443 e. The van der Waals surface area contributed by atoms with E-state index in [1.807, 2.05) is 74.5 Å². The molecule has 0 spiro atoms. The van der Waals surface area contributed by atoms with Crippen LogP contribution in [0.5, 0.6) is 0 Å². The van der Waals surface area contributed by atoms with Gasteiger partial charge in [0.05, 0.1) is 5.56 Å². The smallest absolute Gasteiger partial charge is 0.274 e. The highest BCUT2D eigenvalue weighted by atomic mass is 16.3. The predicted octanol–water partition coefficient (Wildman–Crippen LogP) is 5.25. The number of amides is 2. The van der Waals surface area contributed by atoms with Crippen molar-refractivity contribution in [1.29, 1.82) is 0 Å². The minimum absolute atomic E-state index is 0.145. The SMILES string of the molecule is CCN(C(=O)c1ccccc1-c1ocnc1C(=O)NCc1ccccc1C)c1ccccc1. The van der Waals surface area contributed by atoms with Gasteiger partial charge in [-0.15, -0.1) is 0 Å². The van der Waals surface area contributed by atoms with E-state index in [-0.39, 0.29) is 23.3 Å². The summed E-state index contributed by atoms with van der Waals surface area (Å²) in [5.41, 5.74) is 4.02. The molecular weight excluding hydrogens is 414 g/mol. The van der Waals surface area contributed by atoms with Crippen molar-refractivity contribution in [2.24, 2.45) is 0 Å². The molecule has 6 nitrogen and oxygen atoms in total. The second-order valence-electron chi connectivity index (χ2n) is 7.57. The average Bonchev–Trinajstić information content (AvgIpc) is 3.34. The predicted molar refractivity (Wildman–Crippen MR) is 128 cm³/mol. The summed E-state index contributed by atoms with van der Waals surface area (Å²) >= 11 is 0. The number of nitrogens with zero attached hydrogens (tertiary/aromatic N) is 2. The summed E-state index contributed by atoms with van der Waals surface area (Å²) in [4.78, 5) is 32.3. The fraction of sp³-hybridized carbons (Fsp3) is 0.148. The van der Waals surface area contributed by atoms with Gasteiger partial charge in [0.25, 0.3) is 11.8 Å². The maximum atomic E-state index is 13.5. The molecule has 6 heteroatoms. The molecule has 0 saturated heterocycles. The lowest BCUT2D eigenvalue weighted by Gasteiger charge is -2.22. The molecule has 33 heavy (non-hydrogen) atoms. The minimum Gasteiger partial charge on any atom is -0.443 e. The van der Waals surface area contributed by atoms with Crippen molar-refractivity contribution in [3.8, 4) is 11.3 Å². The van der Waals surface area contributed by atoms with E-state index in [2.05, 4.69) is 10.3 Å². The molecule has 0 saturated carbocycles. The molecule has 4 rings (SSSR count). The normalized spacial score (nSPS) is 10.6. The van der Waals surface area contributed by atoms with Crippen LogP contribution >= 0.6 is 0 Å². The van der Waals surface area contributed by atoms with Crippen LogP contribution in [0.1, 0.15) is 38.9 Å². The van der Waals surface area contributed by atoms with Crippen molar-refractivity contribution in [2.75, 3.05) is 11.4 Å². The van der Waals surface area contributed by atoms with E-state index in [0.29, 0.717) is 24.2 Å². The summed E-state index contributed by atoms with van der Waals surface area (Å²) < 4.78 is 5.61. The topological polar surface area (TPSA) is 75.4 Å². The lowest BCUT2D eigenvalue weighted by molar-refractivity contribution is 0.0944. The van der Waals surface area contributed by atoms with Crippen LogP contribution in [-0.4, -0.2) is 23.3 Å². The van der Waals surface area contributed by atoms with Crippen LogP contribution in [0.4, 0.5) is 5.69 Å². The molecule has 2 amide bonds. The van der Waals surface area contributed by atoms with Crippen LogP contribution in [0, 0.1) is 6.92 Å². The van der Waals surface area contributed by atoms with Gasteiger partial charge < -0.3 is 14.6 Å². The van der Waals surface area contributed by atoms with Gasteiger partial charge in [-0.25, -0.2) is 4.98 Å². The van der Waals surface area contributed by atoms with Crippen molar-refractivity contribution in [1.82, 2.24) is 10.3 Å². The number of benzene rings is 3. The summed E-state index contributed by atoms with van der Waals surface area (Å²) in [6, 6.07) is 24.4. The number of aromatic nitrogens is 1. The average molecular weight is 440 g/mol. The van der Waals surface area contributed by atoms with Crippen molar-refractivity contribution < 1.29 is 14.0 Å². The van der Waals surface area contributed by atoms with Gasteiger partial charge in [-0.3, -0.25) is 9.59 Å². The Labute approximate surface area is 192 Å². The molecule has 166 valence electrons. The number of oxazole rings is 1. The van der Waals surface area contributed by atoms with Crippen LogP contribution in [-0.2, 0) is 6.54 Å². The highest BCUT2D eigenvalue weighted by molar-refractivity contribution is 6.11. The standard InChI is InChI=1S/C27H25N3O3/c1-3-30(21-13-5-4-6-14-21)27(32)23-16-10-9-15-22(23)25-24(29-18-33-25)26(31)28-17-20-12-8-7-11-19(20)2/h4-16,18H,3,17H2,1-2H3,(H,28,31). The Morgan fingerprint density at radius 3 is 2.39 bits per heavy atom. The Morgan fingerprint density at radius 1 is 0.939 bits per heavy atom. The van der Waals surface area contributed by atoms with E-state index in [1.54, 1.807) is 23.1 Å². The Hall–Kier alpha value is -4.19. The number of carbonyl (C=O) groups is 2. The number of carbonyl (C=O) groups excluding carboxylic acids is 2. The zero-order valence-electron chi connectivity index (χ0n) is 18.6. The highest BCUT2D eigenvalue weighted by Gasteiger charge is 2.25. The molecule has 4 aromatic rings. The third kappa shape index (κ3) is 4.70. The van der Waals surface area contributed by atoms with Crippen LogP contribution in [0.25, 0.3) is 11.3 Å². The summed E-state index contributed by atoms with van der Waals surface area (Å²) in [7, 11) is 0. The van der Waals surface area contributed by atoms with E-state index in [9.17, 15) is 9.59 Å². The molecule has 1 N–H and O–H groups in total. The van der Waals surface area contributed by atoms with Gasteiger partial charge in [0, 0.05) is 24.3 Å². The molecule has 1 heterocycles. The fourth-order valence-corrected chi connectivity index (χ4v) is 3.73. The zero-order valence-corrected chi connectivity index (χ0v) is 18.6. The Morgan fingerprint density at radius 2 is 1.64 bits per heavy atom. The Kier molecular flexibility index (Phi) is 6.64. The molecule has 0 atom stereocenters. The van der Waals surface area contributed by atoms with Gasteiger partial charge in [-0.1, -0.05) is 60.7 Å². The van der Waals surface area contributed by atoms with Crippen molar-refractivity contribution in [3.05, 3.63) is 108 Å². The van der Waals surface area contributed by atoms with Crippen LogP contribution in [0.3, 0.4) is 0 Å². The summed E-state index contributed by atoms with van der Waals surface area (Å²) in [6.07, 6.45) is 1.23. The summed E-state index contributed by atoms with van der Waals surface area (Å²) in [5.74, 6) is -0.271. The third-order valence-corrected chi connectivity index (χ3v) is 5.51. The number of anilines is 1. The van der Waals surface area contributed by atoms with Gasteiger partial charge in [-0.05, 0) is 43.2 Å². The first kappa shape index (κ1) is 22.0. The van der Waals surface area contributed by atoms with Crippen molar-refractivity contribution in [3.63, 3.8) is 0 Å². The highest BCUT2D eigenvalue weighted by Crippen LogP contribution is 2.29. The third-order valence-electron chi connectivity index (χ3n) is 5.51. The van der Waals surface area contributed by atoms with Gasteiger partial charge in [0.15, 0.2) is 17.8 Å². The van der Waals surface area contributed by atoms with E-state index < -0.39 is 0 Å². The number of hydrogen-bond acceptors (Lipinski definition) is 4. The van der Waals surface area contributed by atoms with E-state index in [4.69, 9.17) is 4.42 Å². The maximum Gasteiger partial charge on any atom is 0.274 e. The van der Waals surface area contributed by atoms with Gasteiger partial charge >= 0.3 is 0 Å². The van der Waals surface area contributed by atoms with Gasteiger partial charge in [0.1, 0.15) is 0 Å². The number of rotatable bonds is 7.